The molecule has 1 atom stereocenters. The fraction of sp³-hybridized carbons (Fsp3) is 0.176. The van der Waals surface area contributed by atoms with Gasteiger partial charge < -0.3 is 10.6 Å². The minimum Gasteiger partial charge on any atom is -0.325 e. The lowest BCUT2D eigenvalue weighted by atomic mass is 10.3. The number of carbonyl (C=O) groups is 2. The van der Waals surface area contributed by atoms with E-state index in [1.807, 2.05) is 30.3 Å². The summed E-state index contributed by atoms with van der Waals surface area (Å²) in [5, 5.41) is 5.85. The number of rotatable bonds is 6. The lowest BCUT2D eigenvalue weighted by Crippen LogP contribution is -2.25. The van der Waals surface area contributed by atoms with Crippen LogP contribution in [0.4, 0.5) is 11.4 Å². The zero-order chi connectivity index (χ0) is 16.7. The van der Waals surface area contributed by atoms with Gasteiger partial charge in [-0.2, -0.15) is 0 Å². The van der Waals surface area contributed by atoms with Crippen LogP contribution in [0.1, 0.15) is 6.92 Å². The highest BCUT2D eigenvalue weighted by atomic mass is 35.5. The predicted molar refractivity (Wildman–Crippen MR) is 97.1 cm³/mol. The van der Waals surface area contributed by atoms with Gasteiger partial charge in [-0.15, -0.1) is 11.8 Å². The van der Waals surface area contributed by atoms with Crippen LogP contribution in [0.5, 0.6) is 0 Å². The van der Waals surface area contributed by atoms with Gasteiger partial charge in [-0.05, 0) is 43.3 Å². The Bertz CT molecular complexity index is 662. The van der Waals surface area contributed by atoms with E-state index in [1.54, 1.807) is 31.2 Å². The summed E-state index contributed by atoms with van der Waals surface area (Å²) in [6.07, 6.45) is 0. The number of nitrogens with one attached hydrogen (secondary N) is 2. The zero-order valence-corrected chi connectivity index (χ0v) is 14.2. The molecule has 2 aromatic rings. The van der Waals surface area contributed by atoms with Gasteiger partial charge in [-0.1, -0.05) is 29.8 Å². The van der Waals surface area contributed by atoms with Crippen LogP contribution < -0.4 is 10.6 Å². The number of halogens is 1. The Morgan fingerprint density at radius 3 is 2.26 bits per heavy atom. The van der Waals surface area contributed by atoms with Gasteiger partial charge in [0.05, 0.1) is 11.0 Å². The molecule has 0 aliphatic carbocycles. The van der Waals surface area contributed by atoms with Crippen LogP contribution in [0.15, 0.2) is 54.6 Å². The van der Waals surface area contributed by atoms with E-state index in [0.717, 1.165) is 5.69 Å². The summed E-state index contributed by atoms with van der Waals surface area (Å²) < 4.78 is 0. The molecule has 0 unspecified atom stereocenters. The lowest BCUT2D eigenvalue weighted by Gasteiger charge is -2.12. The highest BCUT2D eigenvalue weighted by Gasteiger charge is 2.15. The molecule has 0 aromatic heterocycles. The van der Waals surface area contributed by atoms with Crippen molar-refractivity contribution < 1.29 is 9.59 Å². The van der Waals surface area contributed by atoms with E-state index >= 15 is 0 Å². The van der Waals surface area contributed by atoms with E-state index in [4.69, 9.17) is 11.6 Å². The molecule has 23 heavy (non-hydrogen) atoms. The molecule has 2 rings (SSSR count). The third-order valence-electron chi connectivity index (χ3n) is 3.00. The van der Waals surface area contributed by atoms with Gasteiger partial charge in [0.25, 0.3) is 0 Å². The molecule has 0 bridgehead atoms. The van der Waals surface area contributed by atoms with Gasteiger partial charge in [0.2, 0.25) is 11.8 Å². The number of para-hydroxylation sites is 1. The quantitative estimate of drug-likeness (QED) is 0.828. The SMILES string of the molecule is C[C@@H](SCC(=O)Nc1ccccc1)C(=O)Nc1ccc(Cl)cc1. The maximum atomic E-state index is 12.1. The van der Waals surface area contributed by atoms with Gasteiger partial charge >= 0.3 is 0 Å². The molecule has 0 spiro atoms. The van der Waals surface area contributed by atoms with E-state index in [2.05, 4.69) is 10.6 Å². The van der Waals surface area contributed by atoms with Gasteiger partial charge in [0, 0.05) is 16.4 Å². The molecule has 0 saturated heterocycles. The minimum atomic E-state index is -0.341. The molecule has 0 heterocycles. The zero-order valence-electron chi connectivity index (χ0n) is 12.6. The van der Waals surface area contributed by atoms with Crippen molar-refractivity contribution in [2.45, 2.75) is 12.2 Å². The molecule has 2 aromatic carbocycles. The van der Waals surface area contributed by atoms with Crippen molar-refractivity contribution in [2.75, 3.05) is 16.4 Å². The Labute approximate surface area is 144 Å². The standard InChI is InChI=1S/C17H17ClN2O2S/c1-12(17(22)20-15-9-7-13(18)8-10-15)23-11-16(21)19-14-5-3-2-4-6-14/h2-10,12H,11H2,1H3,(H,19,21)(H,20,22)/t12-/m1/s1. The van der Waals surface area contributed by atoms with Crippen molar-refractivity contribution in [1.82, 2.24) is 0 Å². The third kappa shape index (κ3) is 5.96. The Morgan fingerprint density at radius 1 is 1.00 bits per heavy atom. The average molecular weight is 349 g/mol. The number of thioether (sulfide) groups is 1. The summed E-state index contributed by atoms with van der Waals surface area (Å²) in [6.45, 7) is 1.77. The summed E-state index contributed by atoms with van der Waals surface area (Å²) >= 11 is 7.08. The Balaban J connectivity index is 1.77. The summed E-state index contributed by atoms with van der Waals surface area (Å²) in [7, 11) is 0. The average Bonchev–Trinajstić information content (AvgIpc) is 2.55. The first-order valence-electron chi connectivity index (χ1n) is 7.07. The second kappa shape index (κ2) is 8.60. The summed E-state index contributed by atoms with van der Waals surface area (Å²) in [5.41, 5.74) is 1.43. The lowest BCUT2D eigenvalue weighted by molar-refractivity contribution is -0.115. The minimum absolute atomic E-state index is 0.132. The number of anilines is 2. The van der Waals surface area contributed by atoms with Gasteiger partial charge in [-0.3, -0.25) is 9.59 Å². The second-order valence-corrected chi connectivity index (χ2v) is 6.63. The summed E-state index contributed by atoms with van der Waals surface area (Å²) in [5.74, 6) is -0.0680. The Hall–Kier alpha value is -1.98. The van der Waals surface area contributed by atoms with Crippen molar-refractivity contribution in [3.63, 3.8) is 0 Å². The third-order valence-corrected chi connectivity index (χ3v) is 4.40. The number of hydrogen-bond acceptors (Lipinski definition) is 3. The van der Waals surface area contributed by atoms with E-state index in [0.29, 0.717) is 10.7 Å². The molecule has 2 amide bonds. The normalized spacial score (nSPS) is 11.6. The molecule has 6 heteroatoms. The van der Waals surface area contributed by atoms with Crippen molar-refractivity contribution in [3.8, 4) is 0 Å². The van der Waals surface area contributed by atoms with E-state index in [1.165, 1.54) is 11.8 Å². The van der Waals surface area contributed by atoms with Crippen molar-refractivity contribution in [1.29, 1.82) is 0 Å². The highest BCUT2D eigenvalue weighted by Crippen LogP contribution is 2.17. The van der Waals surface area contributed by atoms with Gasteiger partial charge in [0.15, 0.2) is 0 Å². The van der Waals surface area contributed by atoms with Crippen LogP contribution in [0, 0.1) is 0 Å². The fourth-order valence-electron chi connectivity index (χ4n) is 1.77. The van der Waals surface area contributed by atoms with Crippen LogP contribution in [-0.2, 0) is 9.59 Å². The maximum Gasteiger partial charge on any atom is 0.237 e. The summed E-state index contributed by atoms with van der Waals surface area (Å²) in [4.78, 5) is 23.9. The van der Waals surface area contributed by atoms with Crippen LogP contribution >= 0.6 is 23.4 Å². The number of benzene rings is 2. The van der Waals surface area contributed by atoms with Crippen molar-refractivity contribution in [2.24, 2.45) is 0 Å². The molecule has 0 radical (unpaired) electrons. The van der Waals surface area contributed by atoms with E-state index in [9.17, 15) is 9.59 Å². The monoisotopic (exact) mass is 348 g/mol. The Morgan fingerprint density at radius 2 is 1.61 bits per heavy atom. The number of hydrogen-bond donors (Lipinski definition) is 2. The van der Waals surface area contributed by atoms with Crippen LogP contribution in [-0.4, -0.2) is 22.8 Å². The highest BCUT2D eigenvalue weighted by molar-refractivity contribution is 8.01. The second-order valence-electron chi connectivity index (χ2n) is 4.86. The molecule has 0 fully saturated rings. The first-order valence-corrected chi connectivity index (χ1v) is 8.50. The predicted octanol–water partition coefficient (Wildman–Crippen LogP) is 4.04. The van der Waals surface area contributed by atoms with Crippen LogP contribution in [0.2, 0.25) is 5.02 Å². The summed E-state index contributed by atoms with van der Waals surface area (Å²) in [6, 6.07) is 16.1. The largest absolute Gasteiger partial charge is 0.325 e. The molecule has 4 nitrogen and oxygen atoms in total. The molecular weight excluding hydrogens is 332 g/mol. The number of carbonyl (C=O) groups excluding carboxylic acids is 2. The molecule has 0 aliphatic heterocycles. The van der Waals surface area contributed by atoms with Crippen molar-refractivity contribution >= 4 is 46.6 Å². The Kier molecular flexibility index (Phi) is 6.50. The molecular formula is C17H17ClN2O2S. The number of amides is 2. The fourth-order valence-corrected chi connectivity index (χ4v) is 2.58. The first-order chi connectivity index (χ1) is 11.0. The van der Waals surface area contributed by atoms with Crippen LogP contribution in [0.25, 0.3) is 0 Å². The van der Waals surface area contributed by atoms with E-state index in [-0.39, 0.29) is 22.8 Å². The van der Waals surface area contributed by atoms with Gasteiger partial charge in [-0.25, -0.2) is 0 Å². The molecule has 120 valence electrons. The maximum absolute atomic E-state index is 12.1. The molecule has 2 N–H and O–H groups in total. The van der Waals surface area contributed by atoms with Gasteiger partial charge in [0.1, 0.15) is 0 Å². The van der Waals surface area contributed by atoms with Crippen LogP contribution in [0.3, 0.4) is 0 Å². The molecule has 0 saturated carbocycles. The first kappa shape index (κ1) is 17.4. The smallest absolute Gasteiger partial charge is 0.237 e. The topological polar surface area (TPSA) is 58.2 Å². The van der Waals surface area contributed by atoms with E-state index < -0.39 is 0 Å². The van der Waals surface area contributed by atoms with Crippen molar-refractivity contribution in [3.05, 3.63) is 59.6 Å². The molecule has 0 aliphatic rings.